The molecule has 1 N–H and O–H groups in total. The lowest BCUT2D eigenvalue weighted by molar-refractivity contribution is -0.0702. The Bertz CT molecular complexity index is 379. The zero-order valence-corrected chi connectivity index (χ0v) is 10.7. The molecule has 0 amide bonds. The Morgan fingerprint density at radius 2 is 2.00 bits per heavy atom. The zero-order valence-electron chi connectivity index (χ0n) is 10.7. The lowest BCUT2D eigenvalue weighted by atomic mass is 9.84. The maximum absolute atomic E-state index is 13.6. The van der Waals surface area contributed by atoms with E-state index in [1.165, 1.54) is 26.4 Å². The van der Waals surface area contributed by atoms with Crippen LogP contribution in [0.5, 0.6) is 5.75 Å². The number of ether oxygens (including phenoxy) is 2. The molecule has 3 nitrogen and oxygen atoms in total. The van der Waals surface area contributed by atoms with Crippen LogP contribution in [0.1, 0.15) is 19.4 Å². The number of methoxy groups -OCH3 is 2. The van der Waals surface area contributed by atoms with Crippen molar-refractivity contribution >= 4 is 0 Å². The van der Waals surface area contributed by atoms with Crippen molar-refractivity contribution in [2.24, 2.45) is 5.92 Å². The van der Waals surface area contributed by atoms with Crippen molar-refractivity contribution in [2.75, 3.05) is 20.8 Å². The van der Waals surface area contributed by atoms with E-state index in [0.29, 0.717) is 5.56 Å². The summed E-state index contributed by atoms with van der Waals surface area (Å²) in [4.78, 5) is 0. The largest absolute Gasteiger partial charge is 0.494 e. The van der Waals surface area contributed by atoms with Crippen LogP contribution in [0.4, 0.5) is 4.39 Å². The van der Waals surface area contributed by atoms with E-state index in [4.69, 9.17) is 9.47 Å². The predicted octanol–water partition coefficient (Wildman–Crippen LogP) is 2.32. The van der Waals surface area contributed by atoms with E-state index in [1.54, 1.807) is 6.07 Å². The van der Waals surface area contributed by atoms with Crippen LogP contribution in [0.2, 0.25) is 0 Å². The van der Waals surface area contributed by atoms with Gasteiger partial charge in [-0.2, -0.15) is 0 Å². The van der Waals surface area contributed by atoms with Gasteiger partial charge < -0.3 is 14.6 Å². The summed E-state index contributed by atoms with van der Waals surface area (Å²) < 4.78 is 23.5. The fourth-order valence-electron chi connectivity index (χ4n) is 1.74. The van der Waals surface area contributed by atoms with Crippen molar-refractivity contribution < 1.29 is 19.0 Å². The lowest BCUT2D eigenvalue weighted by Gasteiger charge is -2.32. The standard InChI is InChI=1S/C13H19FO3/c1-9(2)13(15,8-16-3)10-5-6-12(17-4)11(14)7-10/h5-7,9,15H,8H2,1-4H3. The second-order valence-electron chi connectivity index (χ2n) is 4.36. The average molecular weight is 242 g/mol. The molecular formula is C13H19FO3. The van der Waals surface area contributed by atoms with Crippen molar-refractivity contribution in [3.05, 3.63) is 29.6 Å². The molecule has 1 unspecified atom stereocenters. The molecule has 0 saturated heterocycles. The van der Waals surface area contributed by atoms with E-state index in [9.17, 15) is 9.50 Å². The van der Waals surface area contributed by atoms with Gasteiger partial charge in [-0.15, -0.1) is 0 Å². The zero-order chi connectivity index (χ0) is 13.1. The number of aliphatic hydroxyl groups is 1. The Labute approximate surface area is 101 Å². The van der Waals surface area contributed by atoms with Gasteiger partial charge >= 0.3 is 0 Å². The Morgan fingerprint density at radius 3 is 2.41 bits per heavy atom. The molecule has 1 rings (SSSR count). The Balaban J connectivity index is 3.16. The average Bonchev–Trinajstić information content (AvgIpc) is 2.28. The number of hydrogen-bond acceptors (Lipinski definition) is 3. The molecule has 4 heteroatoms. The number of hydrogen-bond donors (Lipinski definition) is 1. The van der Waals surface area contributed by atoms with Crippen molar-refractivity contribution in [1.82, 2.24) is 0 Å². The van der Waals surface area contributed by atoms with Crippen LogP contribution in [0.15, 0.2) is 18.2 Å². The molecule has 0 saturated carbocycles. The molecule has 0 aliphatic rings. The van der Waals surface area contributed by atoms with E-state index in [2.05, 4.69) is 0 Å². The molecule has 0 spiro atoms. The molecule has 0 aliphatic heterocycles. The van der Waals surface area contributed by atoms with Gasteiger partial charge in [0.25, 0.3) is 0 Å². The lowest BCUT2D eigenvalue weighted by Crippen LogP contribution is -2.37. The number of rotatable bonds is 5. The molecule has 1 aromatic carbocycles. The van der Waals surface area contributed by atoms with Crippen molar-refractivity contribution in [3.8, 4) is 5.75 Å². The topological polar surface area (TPSA) is 38.7 Å². The molecule has 17 heavy (non-hydrogen) atoms. The highest BCUT2D eigenvalue weighted by Gasteiger charge is 2.33. The Hall–Kier alpha value is -1.13. The fourth-order valence-corrected chi connectivity index (χ4v) is 1.74. The third-order valence-electron chi connectivity index (χ3n) is 2.97. The van der Waals surface area contributed by atoms with Gasteiger partial charge in [-0.1, -0.05) is 19.9 Å². The monoisotopic (exact) mass is 242 g/mol. The van der Waals surface area contributed by atoms with Gasteiger partial charge in [0.15, 0.2) is 11.6 Å². The van der Waals surface area contributed by atoms with Crippen LogP contribution in [0.3, 0.4) is 0 Å². The van der Waals surface area contributed by atoms with Crippen LogP contribution < -0.4 is 4.74 Å². The number of halogens is 1. The summed E-state index contributed by atoms with van der Waals surface area (Å²) in [5.41, 5.74) is -0.699. The Morgan fingerprint density at radius 1 is 1.35 bits per heavy atom. The second kappa shape index (κ2) is 5.47. The molecule has 1 atom stereocenters. The molecule has 96 valence electrons. The van der Waals surface area contributed by atoms with Gasteiger partial charge in [0.2, 0.25) is 0 Å². The summed E-state index contributed by atoms with van der Waals surface area (Å²) in [5.74, 6) is -0.410. The summed E-state index contributed by atoms with van der Waals surface area (Å²) in [6.45, 7) is 3.85. The molecule has 0 fully saturated rings. The third-order valence-corrected chi connectivity index (χ3v) is 2.97. The highest BCUT2D eigenvalue weighted by molar-refractivity contribution is 5.33. The number of benzene rings is 1. The van der Waals surface area contributed by atoms with Crippen molar-refractivity contribution in [2.45, 2.75) is 19.4 Å². The molecule has 0 bridgehead atoms. The van der Waals surface area contributed by atoms with Crippen LogP contribution in [0.25, 0.3) is 0 Å². The molecule has 1 aromatic rings. The minimum atomic E-state index is -1.19. The van der Waals surface area contributed by atoms with E-state index in [0.717, 1.165) is 0 Å². The first kappa shape index (κ1) is 13.9. The van der Waals surface area contributed by atoms with E-state index >= 15 is 0 Å². The molecule has 0 radical (unpaired) electrons. The van der Waals surface area contributed by atoms with Crippen LogP contribution >= 0.6 is 0 Å². The van der Waals surface area contributed by atoms with Gasteiger partial charge in [-0.3, -0.25) is 0 Å². The van der Waals surface area contributed by atoms with Gasteiger partial charge in [0.1, 0.15) is 5.60 Å². The summed E-state index contributed by atoms with van der Waals surface area (Å²) in [7, 11) is 2.91. The minimum Gasteiger partial charge on any atom is -0.494 e. The molecule has 0 heterocycles. The van der Waals surface area contributed by atoms with Gasteiger partial charge in [0.05, 0.1) is 13.7 Å². The predicted molar refractivity (Wildman–Crippen MR) is 63.6 cm³/mol. The summed E-state index contributed by atoms with van der Waals surface area (Å²) in [6.07, 6.45) is 0. The molecule has 0 aliphatic carbocycles. The third kappa shape index (κ3) is 2.76. The van der Waals surface area contributed by atoms with Gasteiger partial charge in [0, 0.05) is 7.11 Å². The van der Waals surface area contributed by atoms with Crippen LogP contribution in [0, 0.1) is 11.7 Å². The van der Waals surface area contributed by atoms with E-state index in [1.807, 2.05) is 13.8 Å². The van der Waals surface area contributed by atoms with Crippen molar-refractivity contribution in [1.29, 1.82) is 0 Å². The first-order valence-corrected chi connectivity index (χ1v) is 5.51. The first-order valence-electron chi connectivity index (χ1n) is 5.51. The molecule has 0 aromatic heterocycles. The summed E-state index contributed by atoms with van der Waals surface area (Å²) in [6, 6.07) is 4.45. The van der Waals surface area contributed by atoms with E-state index in [-0.39, 0.29) is 18.3 Å². The van der Waals surface area contributed by atoms with Crippen LogP contribution in [-0.2, 0) is 10.3 Å². The van der Waals surface area contributed by atoms with E-state index < -0.39 is 11.4 Å². The quantitative estimate of drug-likeness (QED) is 0.861. The highest BCUT2D eigenvalue weighted by Crippen LogP contribution is 2.32. The maximum atomic E-state index is 13.6. The maximum Gasteiger partial charge on any atom is 0.165 e. The molecular weight excluding hydrogens is 223 g/mol. The summed E-state index contributed by atoms with van der Waals surface area (Å²) in [5, 5.41) is 10.5. The van der Waals surface area contributed by atoms with Gasteiger partial charge in [-0.05, 0) is 23.6 Å². The van der Waals surface area contributed by atoms with Crippen molar-refractivity contribution in [3.63, 3.8) is 0 Å². The van der Waals surface area contributed by atoms with Gasteiger partial charge in [-0.25, -0.2) is 4.39 Å². The normalized spacial score (nSPS) is 14.8. The highest BCUT2D eigenvalue weighted by atomic mass is 19.1. The minimum absolute atomic E-state index is 0.0877. The Kier molecular flexibility index (Phi) is 4.48. The first-order chi connectivity index (χ1) is 7.95. The van der Waals surface area contributed by atoms with Crippen LogP contribution in [-0.4, -0.2) is 25.9 Å². The second-order valence-corrected chi connectivity index (χ2v) is 4.36. The fraction of sp³-hybridized carbons (Fsp3) is 0.538. The summed E-state index contributed by atoms with van der Waals surface area (Å²) >= 11 is 0. The smallest absolute Gasteiger partial charge is 0.165 e. The SMILES string of the molecule is COCC(O)(c1ccc(OC)c(F)c1)C(C)C.